The van der Waals surface area contributed by atoms with Crippen LogP contribution in [0, 0.1) is 17.8 Å². The van der Waals surface area contributed by atoms with Gasteiger partial charge in [-0.1, -0.05) is 24.3 Å². The van der Waals surface area contributed by atoms with E-state index < -0.39 is 56.7 Å². The maximum atomic E-state index is 13.9. The zero-order chi connectivity index (χ0) is 31.8. The molecule has 2 heterocycles. The number of carbonyl (C=O) groups is 4. The molecule has 2 aromatic rings. The molecule has 0 radical (unpaired) electrons. The molecule has 3 saturated carbocycles. The molecule has 0 saturated heterocycles. The number of allylic oxidation sites excluding steroid dienone is 1. The molecule has 3 N–H and O–H groups in total. The standard InChI is InChI=1S/C31H37N5O7S2/c1-36-14-7-3-2-4-8-19-18-31(19,29(39)35-45(41,42)21-11-12-21)34-26(37)23-16-20(17-24(23)28(36)38)43-30(40)33-25-10-6-5-9-22(25)27-32-13-15-44-27/h4-6,8-10,13,15,19-21,23-24H,2-3,7,11-12,14,16-18H2,1H3,(H,33,40)(H,34,37)(H,35,39)/b8-4-/t19-,20-,23-,24-,31-/m1/s1. The number of anilines is 1. The Morgan fingerprint density at radius 3 is 2.67 bits per heavy atom. The van der Waals surface area contributed by atoms with Gasteiger partial charge in [-0.25, -0.2) is 18.2 Å². The molecule has 12 nitrogen and oxygen atoms in total. The van der Waals surface area contributed by atoms with Gasteiger partial charge in [-0.2, -0.15) is 0 Å². The number of rotatable bonds is 6. The largest absolute Gasteiger partial charge is 0.446 e. The van der Waals surface area contributed by atoms with Gasteiger partial charge in [0.15, 0.2) is 0 Å². The molecule has 1 aromatic carbocycles. The summed E-state index contributed by atoms with van der Waals surface area (Å²) in [5, 5.41) is 7.60. The molecule has 0 spiro atoms. The fourth-order valence-corrected chi connectivity index (χ4v) is 8.36. The van der Waals surface area contributed by atoms with Crippen molar-refractivity contribution >= 4 is 50.9 Å². The first-order chi connectivity index (χ1) is 21.6. The minimum absolute atomic E-state index is 0.0796. The predicted octanol–water partition coefficient (Wildman–Crippen LogP) is 3.44. The number of ether oxygens (including phenoxy) is 1. The topological polar surface area (TPSA) is 164 Å². The number of amides is 4. The lowest BCUT2D eigenvalue weighted by molar-refractivity contribution is -0.140. The SMILES string of the molecule is CN1CCCC/C=C\[C@@H]2C[C@@]2(C(=O)NS(=O)(=O)C2CC2)NC(=O)[C@@H]2C[C@@H](OC(=O)Nc3ccccc3-c3nccs3)C[C@H]2C1=O. The first-order valence-corrected chi connectivity index (χ1v) is 17.8. The quantitative estimate of drug-likeness (QED) is 0.399. The number of nitrogens with one attached hydrogen (secondary N) is 3. The van der Waals surface area contributed by atoms with Gasteiger partial charge >= 0.3 is 6.09 Å². The summed E-state index contributed by atoms with van der Waals surface area (Å²) < 4.78 is 33.2. The minimum atomic E-state index is -3.83. The number of sulfonamides is 1. The van der Waals surface area contributed by atoms with E-state index in [2.05, 4.69) is 20.3 Å². The summed E-state index contributed by atoms with van der Waals surface area (Å²) in [5.74, 6) is -3.54. The fourth-order valence-electron chi connectivity index (χ4n) is 6.32. The number of aromatic nitrogens is 1. The first kappa shape index (κ1) is 31.2. The van der Waals surface area contributed by atoms with Crippen molar-refractivity contribution in [3.63, 3.8) is 0 Å². The van der Waals surface area contributed by atoms with E-state index >= 15 is 0 Å². The highest BCUT2D eigenvalue weighted by Gasteiger charge is 2.62. The van der Waals surface area contributed by atoms with Crippen LogP contribution in [0.3, 0.4) is 0 Å². The number of carbonyl (C=O) groups excluding carboxylic acids is 4. The van der Waals surface area contributed by atoms with Gasteiger partial charge in [0.25, 0.3) is 5.91 Å². The van der Waals surface area contributed by atoms with Gasteiger partial charge in [-0.3, -0.25) is 24.4 Å². The van der Waals surface area contributed by atoms with E-state index in [1.165, 1.54) is 11.3 Å². The molecule has 4 amide bonds. The van der Waals surface area contributed by atoms with Crippen molar-refractivity contribution in [3.8, 4) is 10.6 Å². The van der Waals surface area contributed by atoms with Crippen molar-refractivity contribution in [2.24, 2.45) is 17.8 Å². The van der Waals surface area contributed by atoms with E-state index in [0.29, 0.717) is 25.1 Å². The lowest BCUT2D eigenvalue weighted by Gasteiger charge is -2.26. The Morgan fingerprint density at radius 2 is 1.91 bits per heavy atom. The lowest BCUT2D eigenvalue weighted by atomic mass is 9.93. The summed E-state index contributed by atoms with van der Waals surface area (Å²) in [6.45, 7) is 0.520. The molecule has 240 valence electrons. The molecule has 6 rings (SSSR count). The van der Waals surface area contributed by atoms with Crippen LogP contribution < -0.4 is 15.4 Å². The van der Waals surface area contributed by atoms with Gasteiger partial charge in [0.05, 0.1) is 22.8 Å². The van der Waals surface area contributed by atoms with Gasteiger partial charge in [-0.05, 0) is 63.5 Å². The van der Waals surface area contributed by atoms with Crippen molar-refractivity contribution in [1.82, 2.24) is 19.9 Å². The minimum Gasteiger partial charge on any atom is -0.446 e. The normalized spacial score (nSPS) is 29.4. The molecule has 1 aliphatic heterocycles. The van der Waals surface area contributed by atoms with Gasteiger partial charge in [0.1, 0.15) is 16.7 Å². The third-order valence-electron chi connectivity index (χ3n) is 9.10. The van der Waals surface area contributed by atoms with Crippen molar-refractivity contribution in [2.75, 3.05) is 18.9 Å². The molecule has 4 aliphatic rings. The van der Waals surface area contributed by atoms with Crippen LogP contribution in [0.5, 0.6) is 0 Å². The smallest absolute Gasteiger partial charge is 0.411 e. The third kappa shape index (κ3) is 6.76. The van der Waals surface area contributed by atoms with Crippen LogP contribution in [0.25, 0.3) is 10.6 Å². The second kappa shape index (κ2) is 12.5. The first-order valence-electron chi connectivity index (χ1n) is 15.3. The van der Waals surface area contributed by atoms with Crippen molar-refractivity contribution in [3.05, 3.63) is 48.0 Å². The second-order valence-corrected chi connectivity index (χ2v) is 15.2. The maximum Gasteiger partial charge on any atom is 0.411 e. The third-order valence-corrected chi connectivity index (χ3v) is 11.7. The Bertz CT molecular complexity index is 1610. The highest BCUT2D eigenvalue weighted by molar-refractivity contribution is 7.91. The van der Waals surface area contributed by atoms with Crippen LogP contribution in [-0.2, 0) is 29.1 Å². The molecule has 14 heteroatoms. The Hall–Kier alpha value is -3.78. The Balaban J connectivity index is 1.20. The van der Waals surface area contributed by atoms with Gasteiger partial charge in [-0.15, -0.1) is 11.3 Å². The highest BCUT2D eigenvalue weighted by Crippen LogP contribution is 2.47. The van der Waals surface area contributed by atoms with E-state index in [0.717, 1.165) is 29.8 Å². The van der Waals surface area contributed by atoms with Crippen molar-refractivity contribution in [2.45, 2.75) is 68.3 Å². The van der Waals surface area contributed by atoms with Crippen molar-refractivity contribution in [1.29, 1.82) is 0 Å². The average molecular weight is 656 g/mol. The molecule has 5 atom stereocenters. The van der Waals surface area contributed by atoms with Gasteiger partial charge < -0.3 is 15.0 Å². The van der Waals surface area contributed by atoms with E-state index in [-0.39, 0.29) is 31.1 Å². The average Bonchev–Trinajstić information content (AvgIpc) is 3.87. The Labute approximate surface area is 266 Å². The number of para-hydroxylation sites is 1. The molecule has 45 heavy (non-hydrogen) atoms. The van der Waals surface area contributed by atoms with Crippen LogP contribution in [-0.4, -0.2) is 72.6 Å². The zero-order valence-corrected chi connectivity index (χ0v) is 26.6. The number of hydrogen-bond donors (Lipinski definition) is 3. The number of fused-ring (bicyclic) bond motifs is 2. The number of nitrogens with zero attached hydrogens (tertiary/aromatic N) is 2. The van der Waals surface area contributed by atoms with Crippen molar-refractivity contribution < 1.29 is 32.3 Å². The van der Waals surface area contributed by atoms with E-state index in [1.54, 1.807) is 30.3 Å². The molecular formula is C31H37N5O7S2. The van der Waals surface area contributed by atoms with Gasteiger partial charge in [0.2, 0.25) is 21.8 Å². The van der Waals surface area contributed by atoms with Crippen LogP contribution in [0.4, 0.5) is 10.5 Å². The summed E-state index contributed by atoms with van der Waals surface area (Å²) in [7, 11) is -2.13. The second-order valence-electron chi connectivity index (χ2n) is 12.4. The Kier molecular flexibility index (Phi) is 8.70. The fraction of sp³-hybridized carbons (Fsp3) is 0.516. The van der Waals surface area contributed by atoms with Crippen LogP contribution in [0.15, 0.2) is 48.0 Å². The number of hydrogen-bond acceptors (Lipinski definition) is 9. The lowest BCUT2D eigenvalue weighted by Crippen LogP contribution is -2.54. The summed E-state index contributed by atoms with van der Waals surface area (Å²) >= 11 is 1.43. The predicted molar refractivity (Wildman–Crippen MR) is 167 cm³/mol. The monoisotopic (exact) mass is 655 g/mol. The molecule has 0 unspecified atom stereocenters. The summed E-state index contributed by atoms with van der Waals surface area (Å²) in [5.41, 5.74) is -0.167. The molecule has 0 bridgehead atoms. The summed E-state index contributed by atoms with van der Waals surface area (Å²) in [6.07, 6.45) is 7.82. The highest BCUT2D eigenvalue weighted by atomic mass is 32.2. The van der Waals surface area contributed by atoms with Crippen LogP contribution in [0.1, 0.15) is 51.4 Å². The van der Waals surface area contributed by atoms with Crippen LogP contribution in [0.2, 0.25) is 0 Å². The summed E-state index contributed by atoms with van der Waals surface area (Å²) in [4.78, 5) is 59.9. The number of thiazole rings is 1. The zero-order valence-electron chi connectivity index (χ0n) is 24.9. The molecule has 1 aromatic heterocycles. The van der Waals surface area contributed by atoms with Gasteiger partial charge in [0, 0.05) is 36.7 Å². The van der Waals surface area contributed by atoms with E-state index in [1.807, 2.05) is 29.7 Å². The summed E-state index contributed by atoms with van der Waals surface area (Å²) in [6, 6.07) is 7.21. The van der Waals surface area contributed by atoms with E-state index in [9.17, 15) is 27.6 Å². The Morgan fingerprint density at radius 1 is 1.13 bits per heavy atom. The van der Waals surface area contributed by atoms with Crippen LogP contribution >= 0.6 is 11.3 Å². The van der Waals surface area contributed by atoms with E-state index in [4.69, 9.17) is 4.74 Å². The number of benzene rings is 1. The maximum absolute atomic E-state index is 13.9. The molecule has 3 aliphatic carbocycles. The molecular weight excluding hydrogens is 619 g/mol. The molecule has 3 fully saturated rings.